The van der Waals surface area contributed by atoms with Crippen molar-refractivity contribution in [2.45, 2.75) is 32.4 Å². The van der Waals surface area contributed by atoms with Gasteiger partial charge in [-0.05, 0) is 24.6 Å². The lowest BCUT2D eigenvalue weighted by Crippen LogP contribution is -2.51. The number of halogens is 1. The van der Waals surface area contributed by atoms with Crippen LogP contribution in [0.25, 0.3) is 11.0 Å². The van der Waals surface area contributed by atoms with Crippen LogP contribution in [0.15, 0.2) is 22.7 Å². The summed E-state index contributed by atoms with van der Waals surface area (Å²) < 4.78 is 8.71. The Labute approximate surface area is 121 Å². The Morgan fingerprint density at radius 3 is 2.84 bits per heavy atom. The second-order valence-electron chi connectivity index (χ2n) is 5.77. The summed E-state index contributed by atoms with van der Waals surface area (Å²) in [7, 11) is 1.77. The SMILES string of the molecule is COC1CC(n2c(N)nc3ccc(Br)cc32)C1(C)C. The minimum atomic E-state index is 0.0683. The van der Waals surface area contributed by atoms with Crippen LogP contribution in [0.3, 0.4) is 0 Å². The van der Waals surface area contributed by atoms with E-state index in [-0.39, 0.29) is 11.5 Å². The van der Waals surface area contributed by atoms with Gasteiger partial charge in [-0.1, -0.05) is 29.8 Å². The van der Waals surface area contributed by atoms with Gasteiger partial charge in [0.1, 0.15) is 0 Å². The van der Waals surface area contributed by atoms with E-state index in [1.165, 1.54) is 0 Å². The summed E-state index contributed by atoms with van der Waals surface area (Å²) in [5.74, 6) is 0.584. The average molecular weight is 324 g/mol. The molecular weight excluding hydrogens is 306 g/mol. The van der Waals surface area contributed by atoms with E-state index < -0.39 is 0 Å². The summed E-state index contributed by atoms with van der Waals surface area (Å²) in [6.07, 6.45) is 1.26. The van der Waals surface area contributed by atoms with Gasteiger partial charge in [-0.3, -0.25) is 0 Å². The van der Waals surface area contributed by atoms with E-state index in [4.69, 9.17) is 10.5 Å². The first-order valence-corrected chi connectivity index (χ1v) is 7.20. The molecule has 2 aromatic rings. The summed E-state index contributed by atoms with van der Waals surface area (Å²) in [5, 5.41) is 0. The molecule has 102 valence electrons. The fraction of sp³-hybridized carbons (Fsp3) is 0.500. The quantitative estimate of drug-likeness (QED) is 0.921. The van der Waals surface area contributed by atoms with E-state index in [2.05, 4.69) is 45.4 Å². The van der Waals surface area contributed by atoms with Crippen molar-refractivity contribution in [1.82, 2.24) is 9.55 Å². The van der Waals surface area contributed by atoms with Crippen molar-refractivity contribution in [2.75, 3.05) is 12.8 Å². The number of methoxy groups -OCH3 is 1. The van der Waals surface area contributed by atoms with Gasteiger partial charge in [-0.2, -0.15) is 0 Å². The number of nitrogen functional groups attached to an aromatic ring is 1. The molecule has 1 aromatic heterocycles. The van der Waals surface area contributed by atoms with Crippen molar-refractivity contribution in [3.63, 3.8) is 0 Å². The molecule has 0 aliphatic heterocycles. The standard InChI is InChI=1S/C14H18BrN3O/c1-14(2)11(7-12(14)19-3)18-10-6-8(15)4-5-9(10)17-13(18)16/h4-6,11-12H,7H2,1-3H3,(H2,16,17). The molecule has 0 radical (unpaired) electrons. The highest BCUT2D eigenvalue weighted by molar-refractivity contribution is 9.10. The molecule has 1 aliphatic carbocycles. The van der Waals surface area contributed by atoms with Crippen LogP contribution in [-0.4, -0.2) is 22.8 Å². The Bertz CT molecular complexity index is 635. The number of hydrogen-bond acceptors (Lipinski definition) is 3. The van der Waals surface area contributed by atoms with Crippen LogP contribution in [0, 0.1) is 5.41 Å². The highest BCUT2D eigenvalue weighted by Gasteiger charge is 2.50. The molecule has 0 bridgehead atoms. The van der Waals surface area contributed by atoms with E-state index in [1.807, 2.05) is 12.1 Å². The maximum Gasteiger partial charge on any atom is 0.201 e. The van der Waals surface area contributed by atoms with Crippen LogP contribution in [0.4, 0.5) is 5.95 Å². The molecule has 0 spiro atoms. The molecule has 3 rings (SSSR count). The number of anilines is 1. The van der Waals surface area contributed by atoms with E-state index in [0.29, 0.717) is 12.0 Å². The summed E-state index contributed by atoms with van der Waals surface area (Å²) >= 11 is 3.51. The first-order chi connectivity index (χ1) is 8.95. The lowest BCUT2D eigenvalue weighted by atomic mass is 9.64. The summed E-state index contributed by atoms with van der Waals surface area (Å²) in [4.78, 5) is 4.45. The highest BCUT2D eigenvalue weighted by Crippen LogP contribution is 2.52. The van der Waals surface area contributed by atoms with Crippen LogP contribution in [0.2, 0.25) is 0 Å². The topological polar surface area (TPSA) is 53.1 Å². The average Bonchev–Trinajstić information content (AvgIpc) is 2.65. The molecular formula is C14H18BrN3O. The Hall–Kier alpha value is -1.07. The smallest absolute Gasteiger partial charge is 0.201 e. The summed E-state index contributed by atoms with van der Waals surface area (Å²) in [6.45, 7) is 4.44. The predicted molar refractivity (Wildman–Crippen MR) is 80.1 cm³/mol. The number of hydrogen-bond donors (Lipinski definition) is 1. The maximum atomic E-state index is 6.12. The van der Waals surface area contributed by atoms with Crippen molar-refractivity contribution in [2.24, 2.45) is 5.41 Å². The predicted octanol–water partition coefficient (Wildman–Crippen LogP) is 3.37. The van der Waals surface area contributed by atoms with Gasteiger partial charge in [0.05, 0.1) is 17.1 Å². The third-order valence-electron chi connectivity index (χ3n) is 4.40. The minimum absolute atomic E-state index is 0.0683. The molecule has 2 N–H and O–H groups in total. The number of aromatic nitrogens is 2. The van der Waals surface area contributed by atoms with Gasteiger partial charge >= 0.3 is 0 Å². The number of ether oxygens (including phenoxy) is 1. The third kappa shape index (κ3) is 1.79. The van der Waals surface area contributed by atoms with E-state index in [1.54, 1.807) is 7.11 Å². The third-order valence-corrected chi connectivity index (χ3v) is 4.89. The number of nitrogens with two attached hydrogens (primary N) is 1. The Morgan fingerprint density at radius 2 is 2.21 bits per heavy atom. The van der Waals surface area contributed by atoms with Crippen LogP contribution < -0.4 is 5.73 Å². The molecule has 2 atom stereocenters. The van der Waals surface area contributed by atoms with Gasteiger partial charge in [0.15, 0.2) is 0 Å². The van der Waals surface area contributed by atoms with Crippen molar-refractivity contribution in [3.8, 4) is 0 Å². The Kier molecular flexibility index (Phi) is 2.87. The molecule has 1 heterocycles. The highest BCUT2D eigenvalue weighted by atomic mass is 79.9. The van der Waals surface area contributed by atoms with Crippen molar-refractivity contribution < 1.29 is 4.74 Å². The second-order valence-corrected chi connectivity index (χ2v) is 6.69. The minimum Gasteiger partial charge on any atom is -0.381 e. The molecule has 1 fully saturated rings. The zero-order valence-electron chi connectivity index (χ0n) is 11.4. The first kappa shape index (κ1) is 12.9. The van der Waals surface area contributed by atoms with Crippen LogP contribution in [0.5, 0.6) is 0 Å². The van der Waals surface area contributed by atoms with Crippen molar-refractivity contribution in [1.29, 1.82) is 0 Å². The lowest BCUT2D eigenvalue weighted by molar-refractivity contribution is -0.110. The van der Waals surface area contributed by atoms with Gasteiger partial charge in [0.25, 0.3) is 0 Å². The first-order valence-electron chi connectivity index (χ1n) is 6.41. The molecule has 1 saturated carbocycles. The maximum absolute atomic E-state index is 6.12. The molecule has 4 nitrogen and oxygen atoms in total. The van der Waals surface area contributed by atoms with Crippen molar-refractivity contribution in [3.05, 3.63) is 22.7 Å². The number of nitrogens with zero attached hydrogens (tertiary/aromatic N) is 2. The molecule has 2 unspecified atom stereocenters. The zero-order chi connectivity index (χ0) is 13.8. The normalized spacial score (nSPS) is 25.5. The molecule has 1 aliphatic rings. The molecule has 1 aromatic carbocycles. The molecule has 19 heavy (non-hydrogen) atoms. The number of rotatable bonds is 2. The van der Waals surface area contributed by atoms with Crippen LogP contribution in [-0.2, 0) is 4.74 Å². The summed E-state index contributed by atoms with van der Waals surface area (Å²) in [6, 6.07) is 6.39. The van der Waals surface area contributed by atoms with E-state index >= 15 is 0 Å². The fourth-order valence-electron chi connectivity index (χ4n) is 3.11. The number of benzene rings is 1. The van der Waals surface area contributed by atoms with Gasteiger partial charge in [0.2, 0.25) is 5.95 Å². The van der Waals surface area contributed by atoms with Crippen LogP contribution in [0.1, 0.15) is 26.3 Å². The largest absolute Gasteiger partial charge is 0.381 e. The summed E-state index contributed by atoms with van der Waals surface area (Å²) in [5.41, 5.74) is 8.21. The van der Waals surface area contributed by atoms with Crippen molar-refractivity contribution >= 4 is 32.9 Å². The Morgan fingerprint density at radius 1 is 1.47 bits per heavy atom. The lowest BCUT2D eigenvalue weighted by Gasteiger charge is -2.51. The zero-order valence-corrected chi connectivity index (χ0v) is 12.9. The van der Waals surface area contributed by atoms with Gasteiger partial charge in [0, 0.05) is 23.0 Å². The molecule has 5 heteroatoms. The van der Waals surface area contributed by atoms with Gasteiger partial charge < -0.3 is 15.0 Å². The fourth-order valence-corrected chi connectivity index (χ4v) is 3.46. The second kappa shape index (κ2) is 4.21. The molecule has 0 amide bonds. The molecule has 0 saturated heterocycles. The number of imidazole rings is 1. The number of fused-ring (bicyclic) bond motifs is 1. The van der Waals surface area contributed by atoms with Gasteiger partial charge in [-0.25, -0.2) is 4.98 Å². The monoisotopic (exact) mass is 323 g/mol. The van der Waals surface area contributed by atoms with Crippen LogP contribution >= 0.6 is 15.9 Å². The van der Waals surface area contributed by atoms with Gasteiger partial charge in [-0.15, -0.1) is 0 Å². The van der Waals surface area contributed by atoms with E-state index in [0.717, 1.165) is 21.9 Å². The van der Waals surface area contributed by atoms with E-state index in [9.17, 15) is 0 Å². The Balaban J connectivity index is 2.11.